The molecule has 3 atom stereocenters. The van der Waals surface area contributed by atoms with Gasteiger partial charge in [0.15, 0.2) is 0 Å². The van der Waals surface area contributed by atoms with E-state index in [1.165, 1.54) is 18.2 Å². The number of fused-ring (bicyclic) bond motifs is 4. The van der Waals surface area contributed by atoms with Crippen molar-refractivity contribution in [2.75, 3.05) is 49.3 Å². The van der Waals surface area contributed by atoms with Crippen LogP contribution >= 0.6 is 22.6 Å². The number of benzene rings is 1. The number of carbonyl (C=O) groups is 1. The SMILES string of the molecule is C=C=CC(O)(I)COC1C[N+]2(C[I-]NCC(O)c3cc(O)cc4c3OCC(=O)N4)CCC1CC2. The van der Waals surface area contributed by atoms with E-state index in [-0.39, 0.29) is 52.5 Å². The summed E-state index contributed by atoms with van der Waals surface area (Å²) in [5.74, 6) is 0.636. The molecule has 0 saturated carbocycles. The fraction of sp³-hybridized carbons (Fsp3) is 0.565. The van der Waals surface area contributed by atoms with Gasteiger partial charge in [-0.25, -0.2) is 0 Å². The number of hydrogen-bond acceptors (Lipinski definition) is 7. The topological polar surface area (TPSA) is 120 Å². The Bertz CT molecular complexity index is 960. The van der Waals surface area contributed by atoms with Gasteiger partial charge in [0, 0.05) is 0 Å². The molecule has 3 saturated heterocycles. The van der Waals surface area contributed by atoms with E-state index in [1.807, 2.05) is 22.6 Å². The Morgan fingerprint density at radius 1 is 1.47 bits per heavy atom. The van der Waals surface area contributed by atoms with Gasteiger partial charge in [-0.05, 0) is 0 Å². The molecule has 4 aliphatic heterocycles. The Balaban J connectivity index is 1.29. The maximum atomic E-state index is 11.6. The molecule has 4 aliphatic rings. The Morgan fingerprint density at radius 2 is 2.24 bits per heavy atom. The third-order valence-corrected chi connectivity index (χ3v) is 10.0. The monoisotopic (exact) mass is 699 g/mol. The molecule has 0 aliphatic carbocycles. The van der Waals surface area contributed by atoms with Crippen molar-refractivity contribution in [3.8, 4) is 11.5 Å². The molecule has 3 unspecified atom stereocenters. The van der Waals surface area contributed by atoms with Crippen molar-refractivity contribution in [3.05, 3.63) is 36.1 Å². The molecule has 9 nitrogen and oxygen atoms in total. The van der Waals surface area contributed by atoms with Crippen LogP contribution < -0.4 is 35.1 Å². The van der Waals surface area contributed by atoms with Crippen molar-refractivity contribution in [3.63, 3.8) is 0 Å². The molecule has 4 heterocycles. The number of ether oxygens (including phenoxy) is 2. The van der Waals surface area contributed by atoms with Crippen LogP contribution in [0.25, 0.3) is 0 Å². The molecule has 2 bridgehead atoms. The molecule has 188 valence electrons. The summed E-state index contributed by atoms with van der Waals surface area (Å²) in [6.45, 7) is 7.23. The fourth-order valence-electron chi connectivity index (χ4n) is 4.87. The zero-order valence-corrected chi connectivity index (χ0v) is 23.1. The molecule has 11 heteroatoms. The van der Waals surface area contributed by atoms with Gasteiger partial charge in [0.2, 0.25) is 0 Å². The van der Waals surface area contributed by atoms with Gasteiger partial charge in [-0.15, -0.1) is 0 Å². The van der Waals surface area contributed by atoms with E-state index < -0.39 is 9.71 Å². The van der Waals surface area contributed by atoms with Gasteiger partial charge in [0.05, 0.1) is 0 Å². The molecule has 5 rings (SSSR count). The van der Waals surface area contributed by atoms with Crippen molar-refractivity contribution in [2.24, 2.45) is 5.92 Å². The van der Waals surface area contributed by atoms with Gasteiger partial charge in [-0.2, -0.15) is 0 Å². The van der Waals surface area contributed by atoms with Crippen molar-refractivity contribution in [2.45, 2.75) is 28.7 Å². The molecule has 1 aromatic rings. The minimum atomic E-state index is -1.08. The summed E-state index contributed by atoms with van der Waals surface area (Å²) in [6, 6.07) is 2.90. The third kappa shape index (κ3) is 6.25. The van der Waals surface area contributed by atoms with E-state index in [0.29, 0.717) is 29.5 Å². The number of amides is 1. The zero-order chi connectivity index (χ0) is 24.3. The number of hydrogen-bond donors (Lipinski definition) is 5. The number of aromatic hydroxyl groups is 1. The van der Waals surface area contributed by atoms with Crippen molar-refractivity contribution in [1.82, 2.24) is 3.53 Å². The second kappa shape index (κ2) is 11.0. The molecule has 0 spiro atoms. The fourth-order valence-corrected chi connectivity index (χ4v) is 7.92. The quantitative estimate of drug-likeness (QED) is 0.0380. The third-order valence-electron chi connectivity index (χ3n) is 6.63. The number of piperidine rings is 3. The van der Waals surface area contributed by atoms with Crippen molar-refractivity contribution >= 4 is 34.2 Å². The van der Waals surface area contributed by atoms with Gasteiger partial charge in [0.25, 0.3) is 0 Å². The number of quaternary nitrogens is 1. The summed E-state index contributed by atoms with van der Waals surface area (Å²) < 4.78 is 16.1. The predicted octanol–water partition coefficient (Wildman–Crippen LogP) is -1.60. The average Bonchev–Trinajstić information content (AvgIpc) is 2.80. The molecule has 0 aromatic heterocycles. The second-order valence-electron chi connectivity index (χ2n) is 9.18. The molecule has 34 heavy (non-hydrogen) atoms. The van der Waals surface area contributed by atoms with Crippen LogP contribution in [0.4, 0.5) is 5.69 Å². The van der Waals surface area contributed by atoms with Crippen LogP contribution in [0, 0.1) is 5.92 Å². The number of carbonyl (C=O) groups excluding carboxylic acids is 1. The number of anilines is 1. The van der Waals surface area contributed by atoms with Gasteiger partial charge in [-0.3, -0.25) is 0 Å². The van der Waals surface area contributed by atoms with Gasteiger partial charge >= 0.3 is 225 Å². The summed E-state index contributed by atoms with van der Waals surface area (Å²) in [7, 11) is 0. The van der Waals surface area contributed by atoms with Crippen LogP contribution in [-0.2, 0) is 9.53 Å². The number of halogens is 2. The molecule has 3 fully saturated rings. The van der Waals surface area contributed by atoms with E-state index in [4.69, 9.17) is 9.47 Å². The minimum absolute atomic E-state index is 0.0316. The Hall–Kier alpha value is -0.930. The molecular formula is C23H31I2N3O6. The number of rotatable bonds is 10. The van der Waals surface area contributed by atoms with E-state index in [0.717, 1.165) is 41.5 Å². The van der Waals surface area contributed by atoms with Gasteiger partial charge in [-0.1, -0.05) is 0 Å². The number of aliphatic hydroxyl groups is 2. The standard InChI is InChI=1S/C23H31I2N3O6/c1-2-5-23(24,32)13-34-20-11-28(6-3-15(20)4-7-28)14-25-26-10-19(30)17-8-16(29)9-18-22(17)33-12-21(31)27-18/h5,8-9,15,19-20,26,29-30,32H,1,3-4,6-7,10-14H2,(H,27,31). The number of alkyl halides is 2. The molecule has 1 amide bonds. The Labute approximate surface area is 223 Å². The number of phenols is 1. The summed E-state index contributed by atoms with van der Waals surface area (Å²) in [6.07, 6.45) is 3.07. The van der Waals surface area contributed by atoms with Crippen molar-refractivity contribution < 1.29 is 55.5 Å². The number of phenolic OH excluding ortho intramolecular Hbond substituents is 1. The number of aliphatic hydroxyl groups excluding tert-OH is 1. The predicted molar refractivity (Wildman–Crippen MR) is 130 cm³/mol. The normalized spacial score (nSPS) is 28.3. The van der Waals surface area contributed by atoms with E-state index >= 15 is 0 Å². The molecular weight excluding hydrogens is 668 g/mol. The van der Waals surface area contributed by atoms with Crippen LogP contribution in [0.3, 0.4) is 0 Å². The number of nitrogens with one attached hydrogen (secondary N) is 2. The summed E-state index contributed by atoms with van der Waals surface area (Å²) in [5, 5.41) is 33.7. The first kappa shape index (κ1) is 26.1. The van der Waals surface area contributed by atoms with Crippen molar-refractivity contribution in [1.29, 1.82) is 0 Å². The summed E-state index contributed by atoms with van der Waals surface area (Å²) >= 11 is 1.57. The summed E-state index contributed by atoms with van der Waals surface area (Å²) in [4.78, 5) is 11.6. The van der Waals surface area contributed by atoms with E-state index in [2.05, 4.69) is 21.2 Å². The van der Waals surface area contributed by atoms with Gasteiger partial charge < -0.3 is 0 Å². The first-order chi connectivity index (χ1) is 16.2. The maximum absolute atomic E-state index is 11.6. The first-order valence-corrected chi connectivity index (χ1v) is 14.9. The summed E-state index contributed by atoms with van der Waals surface area (Å²) in [5.41, 5.74) is 3.47. The molecule has 1 aromatic carbocycles. The number of nitrogens with zero attached hydrogens (tertiary/aromatic N) is 1. The van der Waals surface area contributed by atoms with E-state index in [1.54, 1.807) is 0 Å². The molecule has 5 N–H and O–H groups in total. The van der Waals surface area contributed by atoms with Crippen LogP contribution in [0.2, 0.25) is 0 Å². The molecule has 0 radical (unpaired) electrons. The van der Waals surface area contributed by atoms with Crippen LogP contribution in [0.15, 0.2) is 30.5 Å². The Kier molecular flexibility index (Phi) is 8.45. The van der Waals surface area contributed by atoms with Crippen LogP contribution in [0.1, 0.15) is 24.5 Å². The average molecular weight is 699 g/mol. The second-order valence-corrected chi connectivity index (χ2v) is 13.3. The Morgan fingerprint density at radius 3 is 2.97 bits per heavy atom. The van der Waals surface area contributed by atoms with Crippen LogP contribution in [-0.4, -0.2) is 79.4 Å². The first-order valence-electron chi connectivity index (χ1n) is 11.2. The van der Waals surface area contributed by atoms with Gasteiger partial charge in [0.1, 0.15) is 0 Å². The van der Waals surface area contributed by atoms with E-state index in [9.17, 15) is 20.1 Å². The van der Waals surface area contributed by atoms with Crippen LogP contribution in [0.5, 0.6) is 11.5 Å². The zero-order valence-electron chi connectivity index (χ0n) is 18.8.